The number of carbonyl (C=O) groups is 2. The molecule has 0 aliphatic heterocycles. The first-order valence-corrected chi connectivity index (χ1v) is 10.6. The molecule has 1 unspecified atom stereocenters. The largest absolute Gasteiger partial charge is 0.480 e. The molecule has 0 saturated heterocycles. The third-order valence-corrected chi connectivity index (χ3v) is 6.22. The zero-order valence-electron chi connectivity index (χ0n) is 16.7. The number of aromatic nitrogens is 1. The highest BCUT2D eigenvalue weighted by Gasteiger charge is 2.32. The van der Waals surface area contributed by atoms with Crippen molar-refractivity contribution in [2.24, 2.45) is 0 Å². The lowest BCUT2D eigenvalue weighted by Gasteiger charge is -2.26. The molecule has 2 aromatic carbocycles. The highest BCUT2D eigenvalue weighted by atomic mass is 32.1. The molecule has 6 nitrogen and oxygen atoms in total. The molecule has 1 N–H and O–H groups in total. The second kappa shape index (κ2) is 8.28. The molecule has 1 aliphatic rings. The lowest BCUT2D eigenvalue weighted by molar-refractivity contribution is -0.142. The molecule has 30 heavy (non-hydrogen) atoms. The third-order valence-electron chi connectivity index (χ3n) is 5.39. The summed E-state index contributed by atoms with van der Waals surface area (Å²) in [6, 6.07) is 15.1. The number of carboxylic acid groups (broad SMARTS) is 1. The first-order chi connectivity index (χ1) is 14.5. The number of aliphatic carboxylic acids is 1. The second-order valence-electron chi connectivity index (χ2n) is 7.30. The molecule has 3 aromatic rings. The Bertz CT molecular complexity index is 1050. The number of carboxylic acids is 1. The van der Waals surface area contributed by atoms with Crippen LogP contribution in [0.25, 0.3) is 11.1 Å². The predicted molar refractivity (Wildman–Crippen MR) is 115 cm³/mol. The van der Waals surface area contributed by atoms with E-state index in [0.717, 1.165) is 27.3 Å². The SMILES string of the molecule is Cc1nc(CN(C(=O)OCC2c3ccccc3-c3ccccc32)C(C)C(=O)O)cs1. The zero-order chi connectivity index (χ0) is 21.3. The van der Waals surface area contributed by atoms with E-state index in [4.69, 9.17) is 4.74 Å². The van der Waals surface area contributed by atoms with Gasteiger partial charge in [-0.3, -0.25) is 4.90 Å². The Balaban J connectivity index is 1.54. The maximum absolute atomic E-state index is 12.9. The summed E-state index contributed by atoms with van der Waals surface area (Å²) in [4.78, 5) is 30.0. The van der Waals surface area contributed by atoms with Gasteiger partial charge in [-0.1, -0.05) is 48.5 Å². The molecule has 1 atom stereocenters. The average Bonchev–Trinajstić information content (AvgIpc) is 3.30. The number of hydrogen-bond acceptors (Lipinski definition) is 5. The lowest BCUT2D eigenvalue weighted by Crippen LogP contribution is -2.43. The Kier molecular flexibility index (Phi) is 5.55. The molecular formula is C23H22N2O4S. The molecule has 154 valence electrons. The number of amides is 1. The van der Waals surface area contributed by atoms with Crippen LogP contribution in [0.5, 0.6) is 0 Å². The molecular weight excluding hydrogens is 400 g/mol. The normalized spacial score (nSPS) is 13.4. The smallest absolute Gasteiger partial charge is 0.410 e. The van der Waals surface area contributed by atoms with Gasteiger partial charge in [-0.2, -0.15) is 0 Å². The van der Waals surface area contributed by atoms with Crippen LogP contribution < -0.4 is 0 Å². The van der Waals surface area contributed by atoms with Gasteiger partial charge in [0.05, 0.1) is 17.2 Å². The molecule has 1 aromatic heterocycles. The Labute approximate surface area is 178 Å². The summed E-state index contributed by atoms with van der Waals surface area (Å²) in [6.07, 6.45) is -0.655. The highest BCUT2D eigenvalue weighted by molar-refractivity contribution is 7.09. The van der Waals surface area contributed by atoms with Crippen molar-refractivity contribution in [1.29, 1.82) is 0 Å². The van der Waals surface area contributed by atoms with Gasteiger partial charge in [0.15, 0.2) is 0 Å². The number of thiazole rings is 1. The van der Waals surface area contributed by atoms with E-state index in [2.05, 4.69) is 17.1 Å². The molecule has 1 aliphatic carbocycles. The Morgan fingerprint density at radius 2 is 1.73 bits per heavy atom. The number of fused-ring (bicyclic) bond motifs is 3. The minimum absolute atomic E-state index is 0.0788. The van der Waals surface area contributed by atoms with Gasteiger partial charge >= 0.3 is 12.1 Å². The van der Waals surface area contributed by atoms with Crippen molar-refractivity contribution in [3.8, 4) is 11.1 Å². The van der Waals surface area contributed by atoms with E-state index >= 15 is 0 Å². The first-order valence-electron chi connectivity index (χ1n) is 9.71. The molecule has 4 rings (SSSR count). The van der Waals surface area contributed by atoms with E-state index in [1.807, 2.05) is 48.7 Å². The predicted octanol–water partition coefficient (Wildman–Crippen LogP) is 4.68. The molecule has 0 bridgehead atoms. The number of nitrogens with zero attached hydrogens (tertiary/aromatic N) is 2. The molecule has 1 heterocycles. The summed E-state index contributed by atoms with van der Waals surface area (Å²) < 4.78 is 5.65. The molecule has 0 fully saturated rings. The van der Waals surface area contributed by atoms with Crippen molar-refractivity contribution in [3.63, 3.8) is 0 Å². The van der Waals surface area contributed by atoms with Gasteiger partial charge in [0.25, 0.3) is 0 Å². The van der Waals surface area contributed by atoms with Crippen molar-refractivity contribution >= 4 is 23.4 Å². The van der Waals surface area contributed by atoms with Crippen LogP contribution in [0.3, 0.4) is 0 Å². The zero-order valence-corrected chi connectivity index (χ0v) is 17.6. The van der Waals surface area contributed by atoms with Crippen LogP contribution in [-0.4, -0.2) is 39.7 Å². The van der Waals surface area contributed by atoms with Crippen LogP contribution in [0.15, 0.2) is 53.9 Å². The summed E-state index contributed by atoms with van der Waals surface area (Å²) in [6.45, 7) is 3.58. The fourth-order valence-corrected chi connectivity index (χ4v) is 4.43. The van der Waals surface area contributed by atoms with Gasteiger partial charge in [-0.25, -0.2) is 14.6 Å². The summed E-state index contributed by atoms with van der Waals surface area (Å²) >= 11 is 1.46. The van der Waals surface area contributed by atoms with Crippen molar-refractivity contribution in [2.75, 3.05) is 6.61 Å². The fraction of sp³-hybridized carbons (Fsp3) is 0.261. The van der Waals surface area contributed by atoms with Crippen molar-refractivity contribution < 1.29 is 19.4 Å². The Hall–Kier alpha value is -3.19. The van der Waals surface area contributed by atoms with Crippen LogP contribution >= 0.6 is 11.3 Å². The molecule has 0 saturated carbocycles. The number of benzene rings is 2. The average molecular weight is 423 g/mol. The first kappa shape index (κ1) is 20.1. The van der Waals surface area contributed by atoms with E-state index < -0.39 is 18.1 Å². The standard InChI is InChI=1S/C23H22N2O4S/c1-14(22(26)27)25(11-16-13-30-15(2)24-16)23(28)29-12-21-19-9-5-3-7-17(19)18-8-4-6-10-20(18)21/h3-10,13-14,21H,11-12H2,1-2H3,(H,26,27). The minimum atomic E-state index is -1.09. The van der Waals surface area contributed by atoms with E-state index in [9.17, 15) is 14.7 Å². The monoisotopic (exact) mass is 422 g/mol. The van der Waals surface area contributed by atoms with Gasteiger partial charge in [0.2, 0.25) is 0 Å². The molecule has 7 heteroatoms. The van der Waals surface area contributed by atoms with Gasteiger partial charge in [-0.05, 0) is 36.1 Å². The maximum atomic E-state index is 12.9. The fourth-order valence-electron chi connectivity index (χ4n) is 3.83. The van der Waals surface area contributed by atoms with E-state index in [-0.39, 0.29) is 19.1 Å². The van der Waals surface area contributed by atoms with Gasteiger partial charge < -0.3 is 9.84 Å². The van der Waals surface area contributed by atoms with Gasteiger partial charge in [0.1, 0.15) is 12.6 Å². The van der Waals surface area contributed by atoms with Crippen LogP contribution in [0.4, 0.5) is 4.79 Å². The summed E-state index contributed by atoms with van der Waals surface area (Å²) in [5.41, 5.74) is 5.16. The van der Waals surface area contributed by atoms with Crippen molar-refractivity contribution in [3.05, 3.63) is 75.7 Å². The topological polar surface area (TPSA) is 79.7 Å². The quantitative estimate of drug-likeness (QED) is 0.624. The van der Waals surface area contributed by atoms with E-state index in [0.29, 0.717) is 5.69 Å². The van der Waals surface area contributed by atoms with E-state index in [1.54, 1.807) is 0 Å². The van der Waals surface area contributed by atoms with Gasteiger partial charge in [0, 0.05) is 11.3 Å². The van der Waals surface area contributed by atoms with Crippen molar-refractivity contribution in [2.45, 2.75) is 32.4 Å². The molecule has 0 radical (unpaired) electrons. The van der Waals surface area contributed by atoms with Crippen LogP contribution in [0, 0.1) is 6.92 Å². The van der Waals surface area contributed by atoms with Gasteiger partial charge in [-0.15, -0.1) is 11.3 Å². The van der Waals surface area contributed by atoms with Crippen LogP contribution in [0.1, 0.15) is 34.7 Å². The highest BCUT2D eigenvalue weighted by Crippen LogP contribution is 2.44. The number of rotatable bonds is 6. The summed E-state index contributed by atoms with van der Waals surface area (Å²) in [7, 11) is 0. The Morgan fingerprint density at radius 1 is 1.13 bits per heavy atom. The Morgan fingerprint density at radius 3 is 2.27 bits per heavy atom. The third kappa shape index (κ3) is 3.80. The molecule has 1 amide bonds. The van der Waals surface area contributed by atoms with Crippen LogP contribution in [-0.2, 0) is 16.1 Å². The second-order valence-corrected chi connectivity index (χ2v) is 8.37. The number of aryl methyl sites for hydroxylation is 1. The number of ether oxygens (including phenoxy) is 1. The molecule has 0 spiro atoms. The minimum Gasteiger partial charge on any atom is -0.480 e. The van der Waals surface area contributed by atoms with Crippen LogP contribution in [0.2, 0.25) is 0 Å². The maximum Gasteiger partial charge on any atom is 0.410 e. The van der Waals surface area contributed by atoms with E-state index in [1.165, 1.54) is 23.2 Å². The lowest BCUT2D eigenvalue weighted by atomic mass is 9.98. The summed E-state index contributed by atoms with van der Waals surface area (Å²) in [5, 5.41) is 12.1. The number of carbonyl (C=O) groups excluding carboxylic acids is 1. The number of hydrogen-bond donors (Lipinski definition) is 1. The van der Waals surface area contributed by atoms with Crippen molar-refractivity contribution in [1.82, 2.24) is 9.88 Å². The summed E-state index contributed by atoms with van der Waals surface area (Å²) in [5.74, 6) is -1.17.